The monoisotopic (exact) mass is 480 g/mol. The number of fused-ring (bicyclic) bond motifs is 1. The Morgan fingerprint density at radius 3 is 2.56 bits per heavy atom. The lowest BCUT2D eigenvalue weighted by atomic mass is 9.98. The molecule has 2 aromatic heterocycles. The first-order valence-corrected chi connectivity index (χ1v) is 12.5. The van der Waals surface area contributed by atoms with Crippen LogP contribution in [-0.4, -0.2) is 87.3 Å². The van der Waals surface area contributed by atoms with Gasteiger partial charge in [-0.3, -0.25) is 4.90 Å². The van der Waals surface area contributed by atoms with Gasteiger partial charge in [0.2, 0.25) is 0 Å². The molecule has 9 heteroatoms. The van der Waals surface area contributed by atoms with E-state index in [1.165, 1.54) is 0 Å². The van der Waals surface area contributed by atoms with Gasteiger partial charge >= 0.3 is 12.0 Å². The lowest BCUT2D eigenvalue weighted by molar-refractivity contribution is 0.0695. The molecular formula is C25H28N4O4S. The van der Waals surface area contributed by atoms with Crippen molar-refractivity contribution in [3.63, 3.8) is 0 Å². The molecule has 2 aliphatic rings. The largest absolute Gasteiger partial charge is 0.478 e. The lowest BCUT2D eigenvalue weighted by Crippen LogP contribution is -2.54. The van der Waals surface area contributed by atoms with E-state index in [-0.39, 0.29) is 18.7 Å². The predicted molar refractivity (Wildman–Crippen MR) is 131 cm³/mol. The molecule has 2 fully saturated rings. The van der Waals surface area contributed by atoms with Crippen molar-refractivity contribution < 1.29 is 19.8 Å². The van der Waals surface area contributed by atoms with Gasteiger partial charge in [0.1, 0.15) is 0 Å². The smallest absolute Gasteiger partial charge is 0.336 e. The molecule has 1 aromatic carbocycles. The zero-order valence-corrected chi connectivity index (χ0v) is 19.7. The van der Waals surface area contributed by atoms with E-state index in [9.17, 15) is 19.8 Å². The number of amides is 2. The van der Waals surface area contributed by atoms with Crippen molar-refractivity contribution in [3.8, 4) is 10.6 Å². The van der Waals surface area contributed by atoms with Gasteiger partial charge in [-0.05, 0) is 30.4 Å². The van der Waals surface area contributed by atoms with Gasteiger partial charge in [0.05, 0.1) is 34.3 Å². The molecule has 5 rings (SSSR count). The molecular weight excluding hydrogens is 452 g/mol. The number of para-hydroxylation sites is 1. The minimum Gasteiger partial charge on any atom is -0.478 e. The highest BCUT2D eigenvalue weighted by Crippen LogP contribution is 2.34. The minimum absolute atomic E-state index is 0.00410. The lowest BCUT2D eigenvalue weighted by Gasteiger charge is -2.38. The molecule has 2 saturated heterocycles. The van der Waals surface area contributed by atoms with Crippen LogP contribution in [0, 0.1) is 0 Å². The summed E-state index contributed by atoms with van der Waals surface area (Å²) in [4.78, 5) is 37.0. The van der Waals surface area contributed by atoms with Gasteiger partial charge in [-0.2, -0.15) is 0 Å². The fraction of sp³-hybridized carbons (Fsp3) is 0.400. The van der Waals surface area contributed by atoms with Crippen molar-refractivity contribution in [2.45, 2.75) is 25.4 Å². The fourth-order valence-corrected chi connectivity index (χ4v) is 5.79. The van der Waals surface area contributed by atoms with E-state index < -0.39 is 5.97 Å². The molecule has 2 amide bonds. The topological polar surface area (TPSA) is 97.2 Å². The third-order valence-corrected chi connectivity index (χ3v) is 7.70. The highest BCUT2D eigenvalue weighted by Gasteiger charge is 2.33. The fourth-order valence-electron chi connectivity index (χ4n) is 5.05. The summed E-state index contributed by atoms with van der Waals surface area (Å²) in [6.45, 7) is 3.61. The summed E-state index contributed by atoms with van der Waals surface area (Å²) in [5.74, 6) is -0.954. The summed E-state index contributed by atoms with van der Waals surface area (Å²) in [6, 6.07) is 11.2. The number of aromatic carboxylic acids is 1. The van der Waals surface area contributed by atoms with Gasteiger partial charge in [0.15, 0.2) is 0 Å². The van der Waals surface area contributed by atoms with Crippen LogP contribution in [0.2, 0.25) is 0 Å². The average Bonchev–Trinajstić information content (AvgIpc) is 3.55. The van der Waals surface area contributed by atoms with Crippen LogP contribution in [0.1, 0.15) is 28.8 Å². The number of carboxylic acids is 1. The number of rotatable bonds is 5. The number of hydrogen-bond donors (Lipinski definition) is 2. The maximum absolute atomic E-state index is 13.0. The second kappa shape index (κ2) is 9.69. The molecule has 0 unspecified atom stereocenters. The molecule has 0 aliphatic carbocycles. The number of carboxylic acid groups (broad SMARTS) is 1. The average molecular weight is 481 g/mol. The van der Waals surface area contributed by atoms with Crippen molar-refractivity contribution in [2.75, 3.05) is 39.3 Å². The van der Waals surface area contributed by atoms with E-state index >= 15 is 0 Å². The number of aliphatic hydroxyl groups is 1. The third kappa shape index (κ3) is 4.26. The number of hydrogen-bond acceptors (Lipinski definition) is 6. The van der Waals surface area contributed by atoms with Gasteiger partial charge in [-0.15, -0.1) is 11.3 Å². The van der Waals surface area contributed by atoms with Crippen LogP contribution < -0.4 is 0 Å². The van der Waals surface area contributed by atoms with Crippen molar-refractivity contribution in [2.24, 2.45) is 0 Å². The first-order chi connectivity index (χ1) is 16.6. The highest BCUT2D eigenvalue weighted by atomic mass is 32.1. The number of likely N-dealkylation sites (tertiary alicyclic amines) is 1. The molecule has 34 heavy (non-hydrogen) atoms. The Bertz CT molecular complexity index is 1190. The Kier molecular flexibility index (Phi) is 6.49. The summed E-state index contributed by atoms with van der Waals surface area (Å²) >= 11 is 1.55. The van der Waals surface area contributed by atoms with Crippen LogP contribution in [-0.2, 0) is 6.54 Å². The number of urea groups is 1. The molecule has 0 spiro atoms. The molecule has 178 valence electrons. The first kappa shape index (κ1) is 22.8. The Labute approximate surface area is 202 Å². The minimum atomic E-state index is -0.954. The number of carbonyl (C=O) groups is 2. The molecule has 2 aliphatic heterocycles. The van der Waals surface area contributed by atoms with Gasteiger partial charge in [-0.1, -0.05) is 24.3 Å². The Hall–Kier alpha value is -3.01. The second-order valence-corrected chi connectivity index (χ2v) is 9.78. The summed E-state index contributed by atoms with van der Waals surface area (Å²) in [6.07, 6.45) is 1.77. The highest BCUT2D eigenvalue weighted by molar-refractivity contribution is 7.13. The number of nitrogens with zero attached hydrogens (tertiary/aromatic N) is 4. The van der Waals surface area contributed by atoms with Crippen molar-refractivity contribution in [1.29, 1.82) is 0 Å². The Morgan fingerprint density at radius 2 is 1.85 bits per heavy atom. The van der Waals surface area contributed by atoms with E-state index in [2.05, 4.69) is 4.90 Å². The predicted octanol–water partition coefficient (Wildman–Crippen LogP) is 3.36. The Morgan fingerprint density at radius 1 is 1.06 bits per heavy atom. The van der Waals surface area contributed by atoms with Crippen molar-refractivity contribution in [3.05, 3.63) is 52.9 Å². The molecule has 4 heterocycles. The van der Waals surface area contributed by atoms with Gasteiger partial charge in [0.25, 0.3) is 0 Å². The molecule has 0 bridgehead atoms. The van der Waals surface area contributed by atoms with Crippen LogP contribution in [0.25, 0.3) is 21.5 Å². The summed E-state index contributed by atoms with van der Waals surface area (Å²) < 4.78 is 0. The van der Waals surface area contributed by atoms with E-state index in [0.29, 0.717) is 67.0 Å². The van der Waals surface area contributed by atoms with Crippen molar-refractivity contribution >= 4 is 34.2 Å². The standard InChI is InChI=1S/C25H28N4O4S/c30-16-17-5-3-9-29(17)25(33)28-12-10-27(11-13-28)15-19-22(24(31)32)18-6-1-2-7-20(18)26-23(19)21-8-4-14-34-21/h1-2,4,6-8,14,17,30H,3,5,9-13,15-16H2,(H,31,32)/t17-/m1/s1. The van der Waals surface area contributed by atoms with Crippen LogP contribution in [0.15, 0.2) is 41.8 Å². The molecule has 0 saturated carbocycles. The quantitative estimate of drug-likeness (QED) is 0.581. The third-order valence-electron chi connectivity index (χ3n) is 6.82. The molecule has 8 nitrogen and oxygen atoms in total. The van der Waals surface area contributed by atoms with Crippen molar-refractivity contribution in [1.82, 2.24) is 19.7 Å². The maximum atomic E-state index is 13.0. The number of pyridine rings is 1. The zero-order valence-electron chi connectivity index (χ0n) is 18.9. The molecule has 0 radical (unpaired) electrons. The molecule has 3 aromatic rings. The van der Waals surface area contributed by atoms with Crippen LogP contribution >= 0.6 is 11.3 Å². The summed E-state index contributed by atoms with van der Waals surface area (Å²) in [5.41, 5.74) is 2.41. The van der Waals surface area contributed by atoms with E-state index in [1.807, 2.05) is 46.7 Å². The number of carbonyl (C=O) groups excluding carboxylic acids is 1. The van der Waals surface area contributed by atoms with Gasteiger partial charge in [-0.25, -0.2) is 14.6 Å². The molecule has 2 N–H and O–H groups in total. The number of piperazine rings is 1. The van der Waals surface area contributed by atoms with Crippen LogP contribution in [0.3, 0.4) is 0 Å². The SMILES string of the molecule is O=C(O)c1c(CN2CCN(C(=O)N3CCC[C@@H]3CO)CC2)c(-c2cccs2)nc2ccccc12. The number of thiophene rings is 1. The van der Waals surface area contributed by atoms with E-state index in [4.69, 9.17) is 4.98 Å². The molecule has 1 atom stereocenters. The number of aromatic nitrogens is 1. The van der Waals surface area contributed by atoms with Crippen LogP contribution in [0.4, 0.5) is 4.79 Å². The zero-order chi connectivity index (χ0) is 23.7. The van der Waals surface area contributed by atoms with E-state index in [1.54, 1.807) is 16.2 Å². The summed E-state index contributed by atoms with van der Waals surface area (Å²) in [7, 11) is 0. The Balaban J connectivity index is 1.40. The second-order valence-electron chi connectivity index (χ2n) is 8.83. The van der Waals surface area contributed by atoms with Crippen LogP contribution in [0.5, 0.6) is 0 Å². The summed E-state index contributed by atoms with van der Waals surface area (Å²) in [5, 5.41) is 22.4. The maximum Gasteiger partial charge on any atom is 0.336 e. The van der Waals surface area contributed by atoms with Gasteiger partial charge in [0, 0.05) is 50.2 Å². The first-order valence-electron chi connectivity index (χ1n) is 11.6. The number of benzene rings is 1. The van der Waals surface area contributed by atoms with E-state index in [0.717, 1.165) is 17.7 Å². The number of aliphatic hydroxyl groups excluding tert-OH is 1. The van der Waals surface area contributed by atoms with Gasteiger partial charge < -0.3 is 20.0 Å². The normalized spacial score (nSPS) is 19.1.